The summed E-state index contributed by atoms with van der Waals surface area (Å²) in [6.45, 7) is 13.7. The Hall–Kier alpha value is -1.59. The third-order valence-corrected chi connectivity index (χ3v) is 13.4. The predicted octanol–water partition coefficient (Wildman–Crippen LogP) is 19.1. The number of esters is 3. The molecule has 0 aromatic rings. The summed E-state index contributed by atoms with van der Waals surface area (Å²) in [6, 6.07) is 0. The lowest BCUT2D eigenvalue weighted by Crippen LogP contribution is -2.30. The topological polar surface area (TPSA) is 78.9 Å². The minimum Gasteiger partial charge on any atom is -0.462 e. The van der Waals surface area contributed by atoms with Crippen LogP contribution in [0, 0.1) is 17.8 Å². The molecule has 0 radical (unpaired) electrons. The largest absolute Gasteiger partial charge is 0.462 e. The van der Waals surface area contributed by atoms with Crippen LogP contribution in [0.15, 0.2) is 0 Å². The average Bonchev–Trinajstić information content (AvgIpc) is 3.26. The minimum absolute atomic E-state index is 0.0642. The van der Waals surface area contributed by atoms with Crippen molar-refractivity contribution < 1.29 is 28.6 Å². The van der Waals surface area contributed by atoms with Gasteiger partial charge in [0.25, 0.3) is 0 Å². The number of hydrogen-bond donors (Lipinski definition) is 0. The second kappa shape index (κ2) is 50.3. The van der Waals surface area contributed by atoms with Crippen LogP contribution in [0.3, 0.4) is 0 Å². The van der Waals surface area contributed by atoms with Crippen LogP contribution >= 0.6 is 0 Å². The number of unbranched alkanes of at least 4 members (excludes halogenated alkanes) is 35. The summed E-state index contributed by atoms with van der Waals surface area (Å²) in [7, 11) is 0. The first-order valence-electron chi connectivity index (χ1n) is 29.1. The molecule has 0 spiro atoms. The number of ether oxygens (including phenoxy) is 3. The van der Waals surface area contributed by atoms with Crippen molar-refractivity contribution in [1.82, 2.24) is 0 Å². The zero-order chi connectivity index (χ0) is 47.7. The van der Waals surface area contributed by atoms with Gasteiger partial charge >= 0.3 is 17.9 Å². The summed E-state index contributed by atoms with van der Waals surface area (Å²) < 4.78 is 16.9. The van der Waals surface area contributed by atoms with Gasteiger partial charge in [-0.3, -0.25) is 14.4 Å². The van der Waals surface area contributed by atoms with E-state index in [1.54, 1.807) is 0 Å². The van der Waals surface area contributed by atoms with Crippen molar-refractivity contribution in [2.24, 2.45) is 17.8 Å². The average molecular weight is 920 g/mol. The van der Waals surface area contributed by atoms with Gasteiger partial charge in [-0.2, -0.15) is 0 Å². The van der Waals surface area contributed by atoms with Crippen molar-refractivity contribution in [3.63, 3.8) is 0 Å². The fraction of sp³-hybridized carbons (Fsp3) is 0.949. The molecule has 0 aliphatic heterocycles. The van der Waals surface area contributed by atoms with Crippen LogP contribution < -0.4 is 0 Å². The lowest BCUT2D eigenvalue weighted by Gasteiger charge is -2.18. The van der Waals surface area contributed by atoms with Crippen molar-refractivity contribution in [2.75, 3.05) is 13.2 Å². The van der Waals surface area contributed by atoms with Crippen LogP contribution in [0.1, 0.15) is 324 Å². The van der Waals surface area contributed by atoms with Gasteiger partial charge in [0.05, 0.1) is 0 Å². The van der Waals surface area contributed by atoms with Crippen LogP contribution in [0.2, 0.25) is 0 Å². The third-order valence-electron chi connectivity index (χ3n) is 13.4. The minimum atomic E-state index is -0.764. The molecule has 0 saturated carbocycles. The Labute approximate surface area is 406 Å². The molecule has 0 heterocycles. The Morgan fingerprint density at radius 2 is 0.446 bits per heavy atom. The second-order valence-electron chi connectivity index (χ2n) is 21.7. The highest BCUT2D eigenvalue weighted by atomic mass is 16.6. The predicted molar refractivity (Wildman–Crippen MR) is 279 cm³/mol. The van der Waals surface area contributed by atoms with Crippen molar-refractivity contribution >= 4 is 17.9 Å². The third kappa shape index (κ3) is 53.2. The molecule has 65 heavy (non-hydrogen) atoms. The van der Waals surface area contributed by atoms with Gasteiger partial charge in [0, 0.05) is 19.3 Å². The number of rotatable bonds is 52. The molecule has 0 fully saturated rings. The highest BCUT2D eigenvalue weighted by molar-refractivity contribution is 5.71. The molecular weight excluding hydrogens is 805 g/mol. The highest BCUT2D eigenvalue weighted by Gasteiger charge is 2.19. The standard InChI is InChI=1S/C59H114O6/c1-53(2)45-39-33-27-23-19-15-11-7-9-13-17-21-25-29-36-42-48-57(60)63-51-56(52-64-58(61)49-43-37-32-31-35-41-47-55(5)6)65-59(62)50-44-38-30-26-22-18-14-10-8-12-16-20-24-28-34-40-46-54(3)4/h53-56H,7-52H2,1-6H3/t56-/m0/s1. The maximum absolute atomic E-state index is 12.8. The van der Waals surface area contributed by atoms with E-state index in [0.29, 0.717) is 19.3 Å². The number of carbonyl (C=O) groups excluding carboxylic acids is 3. The molecule has 0 aromatic heterocycles. The zero-order valence-corrected chi connectivity index (χ0v) is 44.8. The van der Waals surface area contributed by atoms with Crippen molar-refractivity contribution in [1.29, 1.82) is 0 Å². The van der Waals surface area contributed by atoms with Gasteiger partial charge in [0.2, 0.25) is 0 Å². The SMILES string of the molecule is CC(C)CCCCCCCCCCCCCCCCCCC(=O)OC[C@@H](COC(=O)CCCCCCCCC(C)C)OC(=O)CCCCCCCCCCCCCCCCCCC(C)C. The molecule has 6 heteroatoms. The molecule has 0 amide bonds. The summed E-state index contributed by atoms with van der Waals surface area (Å²) in [4.78, 5) is 38.1. The molecule has 0 aromatic carbocycles. The summed E-state index contributed by atoms with van der Waals surface area (Å²) in [5.41, 5.74) is 0. The summed E-state index contributed by atoms with van der Waals surface area (Å²) >= 11 is 0. The monoisotopic (exact) mass is 919 g/mol. The van der Waals surface area contributed by atoms with Crippen molar-refractivity contribution in [3.8, 4) is 0 Å². The molecule has 0 rings (SSSR count). The van der Waals surface area contributed by atoms with Gasteiger partial charge in [0.15, 0.2) is 6.10 Å². The first kappa shape index (κ1) is 63.4. The van der Waals surface area contributed by atoms with Gasteiger partial charge in [-0.15, -0.1) is 0 Å². The van der Waals surface area contributed by atoms with Gasteiger partial charge in [0.1, 0.15) is 13.2 Å². The van der Waals surface area contributed by atoms with E-state index in [-0.39, 0.29) is 31.1 Å². The molecule has 6 nitrogen and oxygen atoms in total. The van der Waals surface area contributed by atoms with Gasteiger partial charge in [-0.25, -0.2) is 0 Å². The van der Waals surface area contributed by atoms with Crippen LogP contribution in [0.5, 0.6) is 0 Å². The van der Waals surface area contributed by atoms with Crippen LogP contribution in [0.25, 0.3) is 0 Å². The fourth-order valence-electron chi connectivity index (χ4n) is 9.00. The Morgan fingerprint density at radius 3 is 0.662 bits per heavy atom. The van der Waals surface area contributed by atoms with E-state index in [4.69, 9.17) is 14.2 Å². The molecular formula is C59H114O6. The second-order valence-corrected chi connectivity index (χ2v) is 21.7. The zero-order valence-electron chi connectivity index (χ0n) is 44.8. The molecule has 1 atom stereocenters. The number of carbonyl (C=O) groups is 3. The highest BCUT2D eigenvalue weighted by Crippen LogP contribution is 2.18. The summed E-state index contributed by atoms with van der Waals surface area (Å²) in [5, 5.41) is 0. The smallest absolute Gasteiger partial charge is 0.306 e. The first-order chi connectivity index (χ1) is 31.6. The van der Waals surface area contributed by atoms with Gasteiger partial charge in [-0.05, 0) is 37.0 Å². The Balaban J connectivity index is 4.20. The van der Waals surface area contributed by atoms with Gasteiger partial charge < -0.3 is 14.2 Å². The molecule has 0 bridgehead atoms. The van der Waals surface area contributed by atoms with E-state index in [1.165, 1.54) is 205 Å². The molecule has 0 aliphatic carbocycles. The Morgan fingerprint density at radius 1 is 0.262 bits per heavy atom. The number of hydrogen-bond acceptors (Lipinski definition) is 6. The van der Waals surface area contributed by atoms with Crippen molar-refractivity contribution in [2.45, 2.75) is 330 Å². The molecule has 386 valence electrons. The van der Waals surface area contributed by atoms with Crippen LogP contribution in [0.4, 0.5) is 0 Å². The molecule has 0 unspecified atom stereocenters. The van der Waals surface area contributed by atoms with E-state index in [1.807, 2.05) is 0 Å². The molecule has 0 aliphatic rings. The van der Waals surface area contributed by atoms with Crippen LogP contribution in [-0.2, 0) is 28.6 Å². The van der Waals surface area contributed by atoms with Crippen molar-refractivity contribution in [3.05, 3.63) is 0 Å². The van der Waals surface area contributed by atoms with E-state index < -0.39 is 6.10 Å². The lowest BCUT2D eigenvalue weighted by molar-refractivity contribution is -0.167. The van der Waals surface area contributed by atoms with E-state index >= 15 is 0 Å². The van der Waals surface area contributed by atoms with Gasteiger partial charge in [-0.1, -0.05) is 286 Å². The maximum Gasteiger partial charge on any atom is 0.306 e. The molecule has 0 N–H and O–H groups in total. The summed E-state index contributed by atoms with van der Waals surface area (Å²) in [5.74, 6) is 1.62. The first-order valence-corrected chi connectivity index (χ1v) is 29.1. The molecule has 0 saturated heterocycles. The quantitative estimate of drug-likeness (QED) is 0.0344. The Kier molecular flexibility index (Phi) is 49.1. The maximum atomic E-state index is 12.8. The normalized spacial score (nSPS) is 12.1. The van der Waals surface area contributed by atoms with E-state index in [9.17, 15) is 14.4 Å². The fourth-order valence-corrected chi connectivity index (χ4v) is 9.00. The summed E-state index contributed by atoms with van der Waals surface area (Å²) in [6.07, 6.45) is 52.6. The lowest BCUT2D eigenvalue weighted by atomic mass is 10.0. The van der Waals surface area contributed by atoms with Crippen LogP contribution in [-0.4, -0.2) is 37.2 Å². The van der Waals surface area contributed by atoms with E-state index in [2.05, 4.69) is 41.5 Å². The Bertz CT molecular complexity index is 1010. The van der Waals surface area contributed by atoms with E-state index in [0.717, 1.165) is 75.5 Å².